The molecule has 2 atom stereocenters. The predicted molar refractivity (Wildman–Crippen MR) is 145 cm³/mol. The van der Waals surface area contributed by atoms with Crippen LogP contribution in [0.2, 0.25) is 5.02 Å². The van der Waals surface area contributed by atoms with Gasteiger partial charge in [0, 0.05) is 35.5 Å². The monoisotopic (exact) mass is 505 g/mol. The Morgan fingerprint density at radius 2 is 1.40 bits per heavy atom. The van der Waals surface area contributed by atoms with Crippen molar-refractivity contribution >= 4 is 34.8 Å². The molecular formula is C29H29Cl2N3O. The average molecular weight is 506 g/mol. The molecule has 0 spiro atoms. The topological polar surface area (TPSA) is 38.1 Å². The zero-order valence-corrected chi connectivity index (χ0v) is 21.1. The molecule has 0 amide bonds. The molecule has 35 heavy (non-hydrogen) atoms. The zero-order valence-electron chi connectivity index (χ0n) is 19.5. The van der Waals surface area contributed by atoms with Gasteiger partial charge in [-0.3, -0.25) is 9.69 Å². The number of hydrogen-bond donors (Lipinski definition) is 0. The Balaban J connectivity index is 0.00000253. The summed E-state index contributed by atoms with van der Waals surface area (Å²) in [6.45, 7) is 0.991. The van der Waals surface area contributed by atoms with Crippen molar-refractivity contribution in [2.45, 2.75) is 56.8 Å². The van der Waals surface area contributed by atoms with Crippen LogP contribution in [-0.2, 0) is 13.0 Å². The number of nitrogens with zero attached hydrogens (tertiary/aromatic N) is 3. The maximum Gasteiger partial charge on any atom is 0.274 e. The van der Waals surface area contributed by atoms with Gasteiger partial charge in [0.15, 0.2) is 0 Å². The first-order valence-electron chi connectivity index (χ1n) is 12.2. The van der Waals surface area contributed by atoms with Gasteiger partial charge in [0.1, 0.15) is 0 Å². The molecule has 1 aromatic heterocycles. The fraction of sp³-hybridized carbons (Fsp3) is 0.310. The Morgan fingerprint density at radius 3 is 2.09 bits per heavy atom. The van der Waals surface area contributed by atoms with Crippen LogP contribution < -0.4 is 5.56 Å². The second-order valence-corrected chi connectivity index (χ2v) is 10.1. The van der Waals surface area contributed by atoms with Crippen LogP contribution in [0.3, 0.4) is 0 Å². The van der Waals surface area contributed by atoms with Gasteiger partial charge in [0.25, 0.3) is 5.56 Å². The summed E-state index contributed by atoms with van der Waals surface area (Å²) in [4.78, 5) is 16.2. The molecule has 0 saturated carbocycles. The van der Waals surface area contributed by atoms with E-state index in [1.807, 2.05) is 53.2 Å². The first kappa shape index (κ1) is 24.1. The summed E-state index contributed by atoms with van der Waals surface area (Å²) < 4.78 is 1.82. The molecule has 4 aromatic rings. The molecule has 6 rings (SSSR count). The molecule has 2 fully saturated rings. The van der Waals surface area contributed by atoms with Gasteiger partial charge < -0.3 is 0 Å². The van der Waals surface area contributed by atoms with E-state index < -0.39 is 0 Å². The van der Waals surface area contributed by atoms with Crippen LogP contribution in [0.15, 0.2) is 83.7 Å². The van der Waals surface area contributed by atoms with Gasteiger partial charge in [0.2, 0.25) is 0 Å². The Morgan fingerprint density at radius 1 is 0.771 bits per heavy atom. The first-order valence-corrected chi connectivity index (χ1v) is 12.6. The molecule has 0 N–H and O–H groups in total. The molecule has 4 nitrogen and oxygen atoms in total. The fourth-order valence-corrected chi connectivity index (χ4v) is 6.07. The van der Waals surface area contributed by atoms with Crippen molar-refractivity contribution < 1.29 is 0 Å². The Labute approximate surface area is 216 Å². The third-order valence-electron chi connectivity index (χ3n) is 7.60. The van der Waals surface area contributed by atoms with E-state index in [9.17, 15) is 4.79 Å². The van der Waals surface area contributed by atoms with Crippen molar-refractivity contribution in [2.24, 2.45) is 0 Å². The van der Waals surface area contributed by atoms with E-state index in [1.54, 1.807) is 0 Å². The third-order valence-corrected chi connectivity index (χ3v) is 7.86. The predicted octanol–water partition coefficient (Wildman–Crippen LogP) is 6.43. The van der Waals surface area contributed by atoms with Gasteiger partial charge in [-0.25, -0.2) is 4.68 Å². The quantitative estimate of drug-likeness (QED) is 0.313. The highest BCUT2D eigenvalue weighted by Gasteiger charge is 2.41. The van der Waals surface area contributed by atoms with Crippen LogP contribution in [0.5, 0.6) is 0 Å². The van der Waals surface area contributed by atoms with Crippen LogP contribution in [0.1, 0.15) is 48.5 Å². The van der Waals surface area contributed by atoms with Crippen LogP contribution in [-0.4, -0.2) is 26.8 Å². The van der Waals surface area contributed by atoms with Crippen LogP contribution in [0, 0.1) is 0 Å². The lowest BCUT2D eigenvalue weighted by atomic mass is 9.96. The van der Waals surface area contributed by atoms with Crippen molar-refractivity contribution in [3.8, 4) is 0 Å². The van der Waals surface area contributed by atoms with Crippen molar-refractivity contribution in [1.29, 1.82) is 0 Å². The molecular weight excluding hydrogens is 477 g/mol. The lowest BCUT2D eigenvalue weighted by molar-refractivity contribution is 0.0933. The molecule has 3 heterocycles. The van der Waals surface area contributed by atoms with Crippen LogP contribution >= 0.6 is 24.0 Å². The molecule has 2 aliphatic rings. The maximum absolute atomic E-state index is 13.6. The number of rotatable bonds is 5. The fourth-order valence-electron chi connectivity index (χ4n) is 5.95. The Bertz CT molecular complexity index is 1360. The molecule has 2 unspecified atom stereocenters. The lowest BCUT2D eigenvalue weighted by Crippen LogP contribution is -2.45. The van der Waals surface area contributed by atoms with E-state index in [0.717, 1.165) is 46.4 Å². The van der Waals surface area contributed by atoms with Gasteiger partial charge in [-0.05, 0) is 55.0 Å². The van der Waals surface area contributed by atoms with E-state index in [-0.39, 0.29) is 24.0 Å². The van der Waals surface area contributed by atoms with Crippen LogP contribution in [0.4, 0.5) is 0 Å². The van der Waals surface area contributed by atoms with Gasteiger partial charge in [-0.1, -0.05) is 72.3 Å². The highest BCUT2D eigenvalue weighted by atomic mass is 35.5. The van der Waals surface area contributed by atoms with E-state index in [2.05, 4.69) is 35.2 Å². The molecule has 0 aliphatic carbocycles. The number of fused-ring (bicyclic) bond motifs is 3. The maximum atomic E-state index is 13.6. The molecule has 180 valence electrons. The van der Waals surface area contributed by atoms with Gasteiger partial charge in [0.05, 0.1) is 17.1 Å². The molecule has 2 saturated heterocycles. The standard InChI is InChI=1S/C29H28ClN3O.ClH/c30-22-12-10-20(11-13-22)16-28-26-8-4-5-9-27(26)29(34)33(31-28)25-17-23-14-15-24(18-25)32(23)19-21-6-2-1-3-7-21;/h1-13,23-25H,14-19H2;1H. The minimum Gasteiger partial charge on any atom is -0.293 e. The van der Waals surface area contributed by atoms with Crippen molar-refractivity contribution in [2.75, 3.05) is 0 Å². The van der Waals surface area contributed by atoms with Crippen molar-refractivity contribution in [3.05, 3.63) is 111 Å². The summed E-state index contributed by atoms with van der Waals surface area (Å²) >= 11 is 6.09. The largest absolute Gasteiger partial charge is 0.293 e. The minimum atomic E-state index is 0. The molecule has 6 heteroatoms. The van der Waals surface area contributed by atoms with Crippen molar-refractivity contribution in [1.82, 2.24) is 14.7 Å². The molecule has 3 aromatic carbocycles. The summed E-state index contributed by atoms with van der Waals surface area (Å²) in [7, 11) is 0. The number of hydrogen-bond acceptors (Lipinski definition) is 3. The second kappa shape index (κ2) is 10.1. The molecule has 2 bridgehead atoms. The highest BCUT2D eigenvalue weighted by molar-refractivity contribution is 6.30. The van der Waals surface area contributed by atoms with Crippen LogP contribution in [0.25, 0.3) is 10.8 Å². The summed E-state index contributed by atoms with van der Waals surface area (Å²) in [5.41, 5.74) is 3.50. The van der Waals surface area contributed by atoms with E-state index >= 15 is 0 Å². The summed E-state index contributed by atoms with van der Waals surface area (Å²) in [6, 6.07) is 27.7. The SMILES string of the molecule is Cl.O=c1c2ccccc2c(Cc2ccc(Cl)cc2)nn1C1CC2CCC(C1)N2Cc1ccccc1. The number of piperidine rings is 1. The van der Waals surface area contributed by atoms with Gasteiger partial charge in [-0.15, -0.1) is 12.4 Å². The Kier molecular flexibility index (Phi) is 6.97. The minimum absolute atomic E-state index is 0. The summed E-state index contributed by atoms with van der Waals surface area (Å²) in [5, 5.41) is 7.44. The first-order chi connectivity index (χ1) is 16.7. The summed E-state index contributed by atoms with van der Waals surface area (Å²) in [6.07, 6.45) is 5.05. The third kappa shape index (κ3) is 4.75. The zero-order chi connectivity index (χ0) is 23.1. The molecule has 0 radical (unpaired) electrons. The smallest absolute Gasteiger partial charge is 0.274 e. The number of benzene rings is 3. The van der Waals surface area contributed by atoms with Gasteiger partial charge in [-0.2, -0.15) is 5.10 Å². The highest BCUT2D eigenvalue weighted by Crippen LogP contribution is 2.41. The van der Waals surface area contributed by atoms with E-state index in [4.69, 9.17) is 16.7 Å². The van der Waals surface area contributed by atoms with Gasteiger partial charge >= 0.3 is 0 Å². The van der Waals surface area contributed by atoms with E-state index in [1.165, 1.54) is 18.4 Å². The van der Waals surface area contributed by atoms with Crippen molar-refractivity contribution in [3.63, 3.8) is 0 Å². The summed E-state index contributed by atoms with van der Waals surface area (Å²) in [5.74, 6) is 0. The normalized spacial score (nSPS) is 21.7. The second-order valence-electron chi connectivity index (χ2n) is 9.71. The lowest BCUT2D eigenvalue weighted by Gasteiger charge is -2.39. The average Bonchev–Trinajstić information content (AvgIpc) is 3.09. The molecule has 2 aliphatic heterocycles. The number of aromatic nitrogens is 2. The van der Waals surface area contributed by atoms with E-state index in [0.29, 0.717) is 18.5 Å². The number of halogens is 2. The Hall–Kier alpha value is -2.66.